The lowest BCUT2D eigenvalue weighted by atomic mass is 10.1. The third-order valence-electron chi connectivity index (χ3n) is 2.69. The summed E-state index contributed by atoms with van der Waals surface area (Å²) in [5.41, 5.74) is 2.80. The maximum atomic E-state index is 3.49. The molecule has 0 aliphatic heterocycles. The van der Waals surface area contributed by atoms with E-state index in [1.807, 2.05) is 11.3 Å². The highest BCUT2D eigenvalue weighted by atomic mass is 32.1. The second kappa shape index (κ2) is 5.83. The van der Waals surface area contributed by atoms with Gasteiger partial charge >= 0.3 is 0 Å². The van der Waals surface area contributed by atoms with Crippen LogP contribution < -0.4 is 5.32 Å². The molecule has 1 aromatic carbocycles. The van der Waals surface area contributed by atoms with E-state index < -0.39 is 0 Å². The van der Waals surface area contributed by atoms with Gasteiger partial charge in [0.1, 0.15) is 0 Å². The minimum Gasteiger partial charge on any atom is -0.312 e. The maximum absolute atomic E-state index is 3.49. The summed E-state index contributed by atoms with van der Waals surface area (Å²) in [6.07, 6.45) is 1.10. The lowest BCUT2D eigenvalue weighted by Crippen LogP contribution is -2.16. The van der Waals surface area contributed by atoms with E-state index in [4.69, 9.17) is 0 Å². The van der Waals surface area contributed by atoms with Gasteiger partial charge in [0.05, 0.1) is 0 Å². The van der Waals surface area contributed by atoms with Crippen molar-refractivity contribution in [1.29, 1.82) is 0 Å². The largest absolute Gasteiger partial charge is 0.312 e. The summed E-state index contributed by atoms with van der Waals surface area (Å²) < 4.78 is 0. The van der Waals surface area contributed by atoms with Crippen LogP contribution in [0.2, 0.25) is 0 Å². The van der Waals surface area contributed by atoms with Gasteiger partial charge in [-0.2, -0.15) is 0 Å². The SMILES string of the molecule is Cc1ccsc1CNCCc1ccccc1. The fraction of sp³-hybridized carbons (Fsp3) is 0.286. The summed E-state index contributed by atoms with van der Waals surface area (Å²) in [6.45, 7) is 4.21. The van der Waals surface area contributed by atoms with Gasteiger partial charge in [-0.1, -0.05) is 30.3 Å². The number of aryl methyl sites for hydroxylation is 1. The first kappa shape index (κ1) is 11.4. The van der Waals surface area contributed by atoms with Crippen LogP contribution in [0.15, 0.2) is 41.8 Å². The highest BCUT2D eigenvalue weighted by molar-refractivity contribution is 7.10. The van der Waals surface area contributed by atoms with E-state index in [1.165, 1.54) is 16.0 Å². The summed E-state index contributed by atoms with van der Waals surface area (Å²) in [4.78, 5) is 1.45. The fourth-order valence-corrected chi connectivity index (χ4v) is 2.54. The van der Waals surface area contributed by atoms with E-state index in [1.54, 1.807) is 0 Å². The van der Waals surface area contributed by atoms with Crippen molar-refractivity contribution in [2.75, 3.05) is 6.54 Å². The van der Waals surface area contributed by atoms with Crippen molar-refractivity contribution in [3.05, 3.63) is 57.8 Å². The minimum atomic E-state index is 0.996. The van der Waals surface area contributed by atoms with Crippen molar-refractivity contribution in [2.24, 2.45) is 0 Å². The molecule has 1 aromatic heterocycles. The Morgan fingerprint density at radius 3 is 2.62 bits per heavy atom. The predicted octanol–water partition coefficient (Wildman–Crippen LogP) is 3.39. The second-order valence-corrected chi connectivity index (χ2v) is 4.94. The molecule has 0 aliphatic carbocycles. The van der Waals surface area contributed by atoms with Crippen LogP contribution in [0, 0.1) is 6.92 Å². The Hall–Kier alpha value is -1.12. The van der Waals surface area contributed by atoms with Gasteiger partial charge in [0.15, 0.2) is 0 Å². The summed E-state index contributed by atoms with van der Waals surface area (Å²) in [5.74, 6) is 0. The van der Waals surface area contributed by atoms with Crippen LogP contribution in [0.25, 0.3) is 0 Å². The molecule has 1 N–H and O–H groups in total. The van der Waals surface area contributed by atoms with Crippen LogP contribution >= 0.6 is 11.3 Å². The molecule has 0 bridgehead atoms. The Morgan fingerprint density at radius 1 is 1.12 bits per heavy atom. The zero-order valence-corrected chi connectivity index (χ0v) is 10.4. The van der Waals surface area contributed by atoms with Gasteiger partial charge in [0, 0.05) is 11.4 Å². The van der Waals surface area contributed by atoms with E-state index in [9.17, 15) is 0 Å². The first-order chi connectivity index (χ1) is 7.86. The third kappa shape index (κ3) is 3.19. The topological polar surface area (TPSA) is 12.0 Å². The molecule has 16 heavy (non-hydrogen) atoms. The van der Waals surface area contributed by atoms with Crippen LogP contribution in [0.5, 0.6) is 0 Å². The highest BCUT2D eigenvalue weighted by Crippen LogP contribution is 2.14. The Balaban J connectivity index is 1.72. The Morgan fingerprint density at radius 2 is 1.94 bits per heavy atom. The Bertz CT molecular complexity index is 419. The first-order valence-corrected chi connectivity index (χ1v) is 6.52. The van der Waals surface area contributed by atoms with E-state index in [2.05, 4.69) is 54.0 Å². The van der Waals surface area contributed by atoms with Gasteiger partial charge in [-0.15, -0.1) is 11.3 Å². The average molecular weight is 231 g/mol. The Kier molecular flexibility index (Phi) is 4.14. The van der Waals surface area contributed by atoms with Crippen LogP contribution in [0.1, 0.15) is 16.0 Å². The predicted molar refractivity (Wildman–Crippen MR) is 70.9 cm³/mol. The second-order valence-electron chi connectivity index (χ2n) is 3.94. The average Bonchev–Trinajstić information content (AvgIpc) is 2.72. The van der Waals surface area contributed by atoms with Gasteiger partial charge < -0.3 is 5.32 Å². The quantitative estimate of drug-likeness (QED) is 0.778. The van der Waals surface area contributed by atoms with Gasteiger partial charge in [-0.3, -0.25) is 0 Å². The molecular formula is C14H17NS. The molecule has 0 atom stereocenters. The molecule has 2 heteroatoms. The van der Waals surface area contributed by atoms with Gasteiger partial charge in [0.25, 0.3) is 0 Å². The molecule has 1 nitrogen and oxygen atoms in total. The normalized spacial score (nSPS) is 10.6. The van der Waals surface area contributed by atoms with E-state index >= 15 is 0 Å². The van der Waals surface area contributed by atoms with Crippen molar-refractivity contribution in [3.63, 3.8) is 0 Å². The summed E-state index contributed by atoms with van der Waals surface area (Å²) in [5, 5.41) is 5.64. The summed E-state index contributed by atoms with van der Waals surface area (Å²) in [6, 6.07) is 12.8. The first-order valence-electron chi connectivity index (χ1n) is 5.64. The fourth-order valence-electron chi connectivity index (χ4n) is 1.66. The number of nitrogens with one attached hydrogen (secondary N) is 1. The summed E-state index contributed by atoms with van der Waals surface area (Å²) >= 11 is 1.83. The number of hydrogen-bond acceptors (Lipinski definition) is 2. The molecule has 2 aromatic rings. The number of hydrogen-bond donors (Lipinski definition) is 1. The van der Waals surface area contributed by atoms with Gasteiger partial charge in [0.2, 0.25) is 0 Å². The molecule has 0 unspecified atom stereocenters. The molecule has 0 fully saturated rings. The number of rotatable bonds is 5. The lowest BCUT2D eigenvalue weighted by Gasteiger charge is -2.04. The van der Waals surface area contributed by atoms with Crippen LogP contribution in [-0.4, -0.2) is 6.54 Å². The molecule has 0 saturated carbocycles. The smallest absolute Gasteiger partial charge is 0.0302 e. The van der Waals surface area contributed by atoms with Crippen molar-refractivity contribution < 1.29 is 0 Å². The van der Waals surface area contributed by atoms with Crippen molar-refractivity contribution in [3.8, 4) is 0 Å². The molecule has 0 spiro atoms. The maximum Gasteiger partial charge on any atom is 0.0302 e. The third-order valence-corrected chi connectivity index (χ3v) is 3.71. The molecule has 0 amide bonds. The van der Waals surface area contributed by atoms with E-state index in [0.29, 0.717) is 0 Å². The van der Waals surface area contributed by atoms with Crippen LogP contribution in [0.3, 0.4) is 0 Å². The molecular weight excluding hydrogens is 214 g/mol. The van der Waals surface area contributed by atoms with Gasteiger partial charge in [-0.05, 0) is 42.5 Å². The zero-order valence-electron chi connectivity index (χ0n) is 9.57. The summed E-state index contributed by atoms with van der Waals surface area (Å²) in [7, 11) is 0. The van der Waals surface area contributed by atoms with Crippen LogP contribution in [-0.2, 0) is 13.0 Å². The zero-order chi connectivity index (χ0) is 11.2. The Labute approximate surface area is 101 Å². The number of thiophene rings is 1. The van der Waals surface area contributed by atoms with E-state index in [-0.39, 0.29) is 0 Å². The molecule has 2 rings (SSSR count). The molecule has 0 radical (unpaired) electrons. The standard InChI is InChI=1S/C14H17NS/c1-12-8-10-16-14(12)11-15-9-7-13-5-3-2-4-6-13/h2-6,8,10,15H,7,9,11H2,1H3. The lowest BCUT2D eigenvalue weighted by molar-refractivity contribution is 0.692. The highest BCUT2D eigenvalue weighted by Gasteiger charge is 1.98. The van der Waals surface area contributed by atoms with Crippen molar-refractivity contribution in [1.82, 2.24) is 5.32 Å². The molecule has 0 saturated heterocycles. The minimum absolute atomic E-state index is 0.996. The van der Waals surface area contributed by atoms with Crippen molar-refractivity contribution >= 4 is 11.3 Å². The van der Waals surface area contributed by atoms with E-state index in [0.717, 1.165) is 19.5 Å². The molecule has 84 valence electrons. The molecule has 0 aliphatic rings. The van der Waals surface area contributed by atoms with Gasteiger partial charge in [-0.25, -0.2) is 0 Å². The van der Waals surface area contributed by atoms with Crippen molar-refractivity contribution in [2.45, 2.75) is 19.9 Å². The number of benzene rings is 1. The monoisotopic (exact) mass is 231 g/mol. The van der Waals surface area contributed by atoms with Crippen LogP contribution in [0.4, 0.5) is 0 Å². The molecule has 1 heterocycles.